The normalized spacial score (nSPS) is 15.4. The maximum atomic E-state index is 11.8. The minimum Gasteiger partial charge on any atom is -0.493 e. The molecule has 0 spiro atoms. The molecule has 0 bridgehead atoms. The van der Waals surface area contributed by atoms with Gasteiger partial charge in [0.2, 0.25) is 0 Å². The van der Waals surface area contributed by atoms with E-state index in [0.29, 0.717) is 17.5 Å². The molecule has 21 heavy (non-hydrogen) atoms. The zero-order valence-electron chi connectivity index (χ0n) is 13.2. The van der Waals surface area contributed by atoms with E-state index >= 15 is 0 Å². The number of rotatable bonds is 7. The molecule has 0 aromatic heterocycles. The second-order valence-electron chi connectivity index (χ2n) is 5.63. The molecule has 0 aliphatic heterocycles. The average molecular weight is 292 g/mol. The van der Waals surface area contributed by atoms with E-state index < -0.39 is 6.10 Å². The molecular weight excluding hydrogens is 268 g/mol. The minimum absolute atomic E-state index is 0.0727. The first-order valence-electron chi connectivity index (χ1n) is 7.29. The fourth-order valence-corrected chi connectivity index (χ4v) is 2.07. The van der Waals surface area contributed by atoms with Crippen LogP contribution in [-0.4, -0.2) is 44.2 Å². The van der Waals surface area contributed by atoms with E-state index in [1.54, 1.807) is 28.1 Å². The van der Waals surface area contributed by atoms with Crippen LogP contribution in [0.25, 0.3) is 0 Å². The summed E-state index contributed by atoms with van der Waals surface area (Å²) in [6.45, 7) is 2.57. The Morgan fingerprint density at radius 1 is 1.38 bits per heavy atom. The van der Waals surface area contributed by atoms with Crippen molar-refractivity contribution in [3.63, 3.8) is 0 Å². The van der Waals surface area contributed by atoms with Crippen LogP contribution in [0.4, 0.5) is 0 Å². The summed E-state index contributed by atoms with van der Waals surface area (Å²) in [7, 11) is 5.04. The quantitative estimate of drug-likeness (QED) is 0.832. The van der Waals surface area contributed by atoms with Gasteiger partial charge in [-0.05, 0) is 37.5 Å². The van der Waals surface area contributed by atoms with Crippen LogP contribution in [-0.2, 0) is 11.3 Å². The molecule has 116 valence electrons. The number of nitrogens with one attached hydrogen (secondary N) is 1. The van der Waals surface area contributed by atoms with E-state index in [1.165, 1.54) is 17.7 Å². The van der Waals surface area contributed by atoms with Gasteiger partial charge in [0.05, 0.1) is 7.11 Å². The molecule has 5 nitrogen and oxygen atoms in total. The number of hydrogen-bond donors (Lipinski definition) is 1. The van der Waals surface area contributed by atoms with Crippen LogP contribution in [0.5, 0.6) is 11.5 Å². The van der Waals surface area contributed by atoms with E-state index in [-0.39, 0.29) is 5.91 Å². The van der Waals surface area contributed by atoms with Gasteiger partial charge in [-0.3, -0.25) is 4.79 Å². The molecule has 1 unspecified atom stereocenters. The minimum atomic E-state index is -0.538. The van der Waals surface area contributed by atoms with Crippen molar-refractivity contribution in [3.05, 3.63) is 23.8 Å². The first-order valence-corrected chi connectivity index (χ1v) is 7.29. The molecule has 0 saturated heterocycles. The summed E-state index contributed by atoms with van der Waals surface area (Å²) in [5, 5.41) is 3.46. The zero-order valence-corrected chi connectivity index (χ0v) is 13.2. The van der Waals surface area contributed by atoms with Crippen molar-refractivity contribution < 1.29 is 14.3 Å². The molecule has 5 heteroatoms. The predicted octanol–water partition coefficient (Wildman–Crippen LogP) is 1.80. The van der Waals surface area contributed by atoms with Gasteiger partial charge in [-0.25, -0.2) is 0 Å². The molecule has 1 aliphatic carbocycles. The number of hydrogen-bond acceptors (Lipinski definition) is 4. The molecule has 1 N–H and O–H groups in total. The highest BCUT2D eigenvalue weighted by Gasteiger charge is 2.21. The van der Waals surface area contributed by atoms with Crippen LogP contribution in [0.1, 0.15) is 25.3 Å². The van der Waals surface area contributed by atoms with Crippen molar-refractivity contribution in [1.82, 2.24) is 10.2 Å². The standard InChI is InChI=1S/C16H24N2O3/c1-11(16(19)18(2)3)21-14-8-5-12(9-15(14)20-4)10-17-13-6-7-13/h5,8-9,11,13,17H,6-7,10H2,1-4H3. The van der Waals surface area contributed by atoms with E-state index in [9.17, 15) is 4.79 Å². The SMILES string of the molecule is COc1cc(CNC2CC2)ccc1OC(C)C(=O)N(C)C. The lowest BCUT2D eigenvalue weighted by atomic mass is 10.2. The van der Waals surface area contributed by atoms with Gasteiger partial charge >= 0.3 is 0 Å². The average Bonchev–Trinajstić information content (AvgIpc) is 3.29. The Hall–Kier alpha value is -1.75. The Kier molecular flexibility index (Phi) is 5.07. The van der Waals surface area contributed by atoms with Gasteiger partial charge in [0.25, 0.3) is 5.91 Å². The number of benzene rings is 1. The number of likely N-dealkylation sites (N-methyl/N-ethyl adjacent to an activating group) is 1. The number of nitrogens with zero attached hydrogens (tertiary/aromatic N) is 1. The molecule has 1 atom stereocenters. The molecule has 0 radical (unpaired) electrons. The maximum absolute atomic E-state index is 11.8. The number of methoxy groups -OCH3 is 1. The Balaban J connectivity index is 2.02. The summed E-state index contributed by atoms with van der Waals surface area (Å²) >= 11 is 0. The molecule has 1 aromatic rings. The van der Waals surface area contributed by atoms with Crippen LogP contribution in [0.3, 0.4) is 0 Å². The lowest BCUT2D eigenvalue weighted by Crippen LogP contribution is -2.35. The molecule has 2 rings (SSSR count). The van der Waals surface area contributed by atoms with Gasteiger partial charge in [-0.2, -0.15) is 0 Å². The summed E-state index contributed by atoms with van der Waals surface area (Å²) in [6.07, 6.45) is 2.00. The van der Waals surface area contributed by atoms with E-state index in [1.807, 2.05) is 18.2 Å². The summed E-state index contributed by atoms with van der Waals surface area (Å²) in [5.74, 6) is 1.18. The highest BCUT2D eigenvalue weighted by atomic mass is 16.5. The topological polar surface area (TPSA) is 50.8 Å². The fourth-order valence-electron chi connectivity index (χ4n) is 2.07. The van der Waals surface area contributed by atoms with Crippen LogP contribution in [0.2, 0.25) is 0 Å². The monoisotopic (exact) mass is 292 g/mol. The second-order valence-corrected chi connectivity index (χ2v) is 5.63. The molecule has 1 aromatic carbocycles. The van der Waals surface area contributed by atoms with Gasteiger partial charge in [0.1, 0.15) is 0 Å². The number of ether oxygens (including phenoxy) is 2. The summed E-state index contributed by atoms with van der Waals surface area (Å²) in [5.41, 5.74) is 1.15. The van der Waals surface area contributed by atoms with E-state index in [0.717, 1.165) is 12.1 Å². The van der Waals surface area contributed by atoms with Crippen LogP contribution >= 0.6 is 0 Å². The third kappa shape index (κ3) is 4.36. The highest BCUT2D eigenvalue weighted by molar-refractivity contribution is 5.80. The van der Waals surface area contributed by atoms with Gasteiger partial charge in [-0.1, -0.05) is 6.07 Å². The summed E-state index contributed by atoms with van der Waals surface area (Å²) in [6, 6.07) is 6.49. The number of carbonyl (C=O) groups excluding carboxylic acids is 1. The molecule has 1 amide bonds. The van der Waals surface area contributed by atoms with Crippen molar-refractivity contribution in [2.45, 2.75) is 38.5 Å². The highest BCUT2D eigenvalue weighted by Crippen LogP contribution is 2.29. The Labute approximate surface area is 126 Å². The first kappa shape index (κ1) is 15.6. The van der Waals surface area contributed by atoms with E-state index in [2.05, 4.69) is 5.32 Å². The lowest BCUT2D eigenvalue weighted by Gasteiger charge is -2.20. The lowest BCUT2D eigenvalue weighted by molar-refractivity contribution is -0.135. The van der Waals surface area contributed by atoms with Crippen LogP contribution in [0, 0.1) is 0 Å². The fraction of sp³-hybridized carbons (Fsp3) is 0.562. The van der Waals surface area contributed by atoms with Crippen molar-refractivity contribution in [2.75, 3.05) is 21.2 Å². The van der Waals surface area contributed by atoms with Gasteiger partial charge in [0, 0.05) is 26.7 Å². The first-order chi connectivity index (χ1) is 10.0. The van der Waals surface area contributed by atoms with Gasteiger partial charge < -0.3 is 19.7 Å². The molecule has 1 fully saturated rings. The maximum Gasteiger partial charge on any atom is 0.262 e. The van der Waals surface area contributed by atoms with Crippen molar-refractivity contribution in [3.8, 4) is 11.5 Å². The van der Waals surface area contributed by atoms with Crippen molar-refractivity contribution in [2.24, 2.45) is 0 Å². The molecule has 1 saturated carbocycles. The van der Waals surface area contributed by atoms with Crippen LogP contribution in [0.15, 0.2) is 18.2 Å². The van der Waals surface area contributed by atoms with Gasteiger partial charge in [0.15, 0.2) is 17.6 Å². The van der Waals surface area contributed by atoms with Gasteiger partial charge in [-0.15, -0.1) is 0 Å². The molecule has 0 heterocycles. The smallest absolute Gasteiger partial charge is 0.262 e. The Bertz CT molecular complexity index is 498. The van der Waals surface area contributed by atoms with Crippen LogP contribution < -0.4 is 14.8 Å². The molecular formula is C16H24N2O3. The zero-order chi connectivity index (χ0) is 15.4. The van der Waals surface area contributed by atoms with Crippen molar-refractivity contribution in [1.29, 1.82) is 0 Å². The Morgan fingerprint density at radius 2 is 2.10 bits per heavy atom. The summed E-state index contributed by atoms with van der Waals surface area (Å²) < 4.78 is 11.1. The Morgan fingerprint density at radius 3 is 2.67 bits per heavy atom. The predicted molar refractivity (Wildman–Crippen MR) is 81.6 cm³/mol. The van der Waals surface area contributed by atoms with E-state index in [4.69, 9.17) is 9.47 Å². The largest absolute Gasteiger partial charge is 0.493 e. The number of amides is 1. The van der Waals surface area contributed by atoms with Crippen molar-refractivity contribution >= 4 is 5.91 Å². The summed E-state index contributed by atoms with van der Waals surface area (Å²) in [4.78, 5) is 13.4. The second kappa shape index (κ2) is 6.80. The molecule has 1 aliphatic rings. The number of carbonyl (C=O) groups is 1. The third-order valence-corrected chi connectivity index (χ3v) is 3.49. The third-order valence-electron chi connectivity index (χ3n) is 3.49.